The average Bonchev–Trinajstić information content (AvgIpc) is 2.25. The minimum Gasteiger partial charge on any atom is -0.383 e. The van der Waals surface area contributed by atoms with Crippen molar-refractivity contribution < 1.29 is 4.79 Å². The van der Waals surface area contributed by atoms with E-state index in [0.29, 0.717) is 13.1 Å². The zero-order valence-corrected chi connectivity index (χ0v) is 9.71. The number of carbonyl (C=O) groups excluding carboxylic acids is 1. The van der Waals surface area contributed by atoms with Gasteiger partial charge in [-0.15, -0.1) is 0 Å². The number of hydrogen-bond donors (Lipinski definition) is 3. The van der Waals surface area contributed by atoms with E-state index >= 15 is 0 Å². The van der Waals surface area contributed by atoms with Gasteiger partial charge < -0.3 is 16.0 Å². The van der Waals surface area contributed by atoms with Gasteiger partial charge in [-0.25, -0.2) is 4.98 Å². The topological polar surface area (TPSA) is 66.0 Å². The summed E-state index contributed by atoms with van der Waals surface area (Å²) in [6.07, 6.45) is 1.75. The van der Waals surface area contributed by atoms with Gasteiger partial charge >= 0.3 is 0 Å². The lowest BCUT2D eigenvalue weighted by atomic mass is 10.3. The van der Waals surface area contributed by atoms with E-state index in [4.69, 9.17) is 0 Å². The Morgan fingerprint density at radius 1 is 1.38 bits per heavy atom. The lowest BCUT2D eigenvalue weighted by Gasteiger charge is -2.08. The van der Waals surface area contributed by atoms with E-state index in [0.717, 1.165) is 18.1 Å². The summed E-state index contributed by atoms with van der Waals surface area (Å²) in [5.41, 5.74) is 0.997. The Morgan fingerprint density at radius 2 is 2.19 bits per heavy atom. The molecule has 0 unspecified atom stereocenters. The molecule has 5 heteroatoms. The van der Waals surface area contributed by atoms with Crippen LogP contribution in [0.3, 0.4) is 0 Å². The molecule has 1 heterocycles. The van der Waals surface area contributed by atoms with Gasteiger partial charge in [-0.2, -0.15) is 0 Å². The van der Waals surface area contributed by atoms with Gasteiger partial charge in [0.05, 0.1) is 0 Å². The maximum absolute atomic E-state index is 10.6. The Balaban J connectivity index is 2.35. The molecule has 0 aliphatic carbocycles. The van der Waals surface area contributed by atoms with Gasteiger partial charge in [0.2, 0.25) is 5.91 Å². The van der Waals surface area contributed by atoms with Crippen LogP contribution in [0.15, 0.2) is 18.3 Å². The van der Waals surface area contributed by atoms with E-state index in [1.807, 2.05) is 19.1 Å². The van der Waals surface area contributed by atoms with Crippen LogP contribution < -0.4 is 16.0 Å². The van der Waals surface area contributed by atoms with Crippen molar-refractivity contribution in [1.29, 1.82) is 0 Å². The van der Waals surface area contributed by atoms with Crippen LogP contribution in [0.25, 0.3) is 0 Å². The predicted octanol–water partition coefficient (Wildman–Crippen LogP) is 1.06. The number of nitrogens with one attached hydrogen (secondary N) is 3. The molecular weight excluding hydrogens is 204 g/mol. The number of anilines is 2. The number of nitrogens with zero attached hydrogens (tertiary/aromatic N) is 1. The van der Waals surface area contributed by atoms with Gasteiger partial charge in [-0.1, -0.05) is 0 Å². The minimum absolute atomic E-state index is 0.00938. The van der Waals surface area contributed by atoms with E-state index in [2.05, 4.69) is 20.9 Å². The first-order chi connectivity index (χ1) is 7.72. The predicted molar refractivity (Wildman–Crippen MR) is 65.6 cm³/mol. The Morgan fingerprint density at radius 3 is 2.88 bits per heavy atom. The van der Waals surface area contributed by atoms with Crippen LogP contribution in [0.1, 0.15) is 13.8 Å². The van der Waals surface area contributed by atoms with E-state index in [1.165, 1.54) is 6.92 Å². The highest BCUT2D eigenvalue weighted by Gasteiger charge is 1.95. The van der Waals surface area contributed by atoms with Gasteiger partial charge in [-0.05, 0) is 13.0 Å². The fraction of sp³-hybridized carbons (Fsp3) is 0.455. The van der Waals surface area contributed by atoms with Crippen molar-refractivity contribution in [2.45, 2.75) is 13.8 Å². The fourth-order valence-corrected chi connectivity index (χ4v) is 1.26. The largest absolute Gasteiger partial charge is 0.383 e. The van der Waals surface area contributed by atoms with Crippen LogP contribution in [0.5, 0.6) is 0 Å². The molecular formula is C11H18N4O. The van der Waals surface area contributed by atoms with Crippen molar-refractivity contribution in [2.75, 3.05) is 30.3 Å². The maximum atomic E-state index is 10.6. The van der Waals surface area contributed by atoms with Crippen LogP contribution in [0.4, 0.5) is 11.5 Å². The van der Waals surface area contributed by atoms with E-state index < -0.39 is 0 Å². The molecule has 0 aliphatic heterocycles. The van der Waals surface area contributed by atoms with Crippen molar-refractivity contribution in [3.8, 4) is 0 Å². The Bertz CT molecular complexity index is 341. The lowest BCUT2D eigenvalue weighted by Crippen LogP contribution is -2.26. The number of aromatic nitrogens is 1. The molecule has 88 valence electrons. The summed E-state index contributed by atoms with van der Waals surface area (Å²) in [6, 6.07) is 3.84. The number of amides is 1. The van der Waals surface area contributed by atoms with Crippen molar-refractivity contribution >= 4 is 17.4 Å². The van der Waals surface area contributed by atoms with Crippen molar-refractivity contribution in [1.82, 2.24) is 10.3 Å². The molecule has 0 saturated carbocycles. The fourth-order valence-electron chi connectivity index (χ4n) is 1.26. The van der Waals surface area contributed by atoms with Crippen LogP contribution >= 0.6 is 0 Å². The molecule has 16 heavy (non-hydrogen) atoms. The molecule has 0 bridgehead atoms. The zero-order chi connectivity index (χ0) is 11.8. The summed E-state index contributed by atoms with van der Waals surface area (Å²) < 4.78 is 0. The summed E-state index contributed by atoms with van der Waals surface area (Å²) in [6.45, 7) is 5.71. The van der Waals surface area contributed by atoms with Crippen molar-refractivity contribution in [3.05, 3.63) is 18.3 Å². The molecule has 5 nitrogen and oxygen atoms in total. The number of rotatable bonds is 6. The van der Waals surface area contributed by atoms with Gasteiger partial charge in [0.1, 0.15) is 5.82 Å². The van der Waals surface area contributed by atoms with Crippen LogP contribution in [0.2, 0.25) is 0 Å². The molecule has 0 aliphatic rings. The summed E-state index contributed by atoms with van der Waals surface area (Å²) in [4.78, 5) is 14.8. The second-order valence-electron chi connectivity index (χ2n) is 3.37. The lowest BCUT2D eigenvalue weighted by molar-refractivity contribution is -0.118. The molecule has 0 saturated heterocycles. The van der Waals surface area contributed by atoms with Crippen LogP contribution in [-0.2, 0) is 4.79 Å². The SMILES string of the molecule is CCNc1cc(NCCNC(C)=O)ccn1. The normalized spacial score (nSPS) is 9.62. The van der Waals surface area contributed by atoms with E-state index in [1.54, 1.807) is 6.20 Å². The highest BCUT2D eigenvalue weighted by atomic mass is 16.1. The molecule has 0 atom stereocenters. The first kappa shape index (κ1) is 12.3. The van der Waals surface area contributed by atoms with Crippen molar-refractivity contribution in [2.24, 2.45) is 0 Å². The molecule has 0 spiro atoms. The average molecular weight is 222 g/mol. The third-order valence-electron chi connectivity index (χ3n) is 1.95. The maximum Gasteiger partial charge on any atom is 0.216 e. The minimum atomic E-state index is -0.00938. The third-order valence-corrected chi connectivity index (χ3v) is 1.95. The van der Waals surface area contributed by atoms with Gasteiger partial charge in [0.15, 0.2) is 0 Å². The molecule has 1 aromatic rings. The van der Waals surface area contributed by atoms with Crippen LogP contribution in [-0.4, -0.2) is 30.5 Å². The standard InChI is InChI=1S/C11H18N4O/c1-3-12-11-8-10(4-5-15-11)14-7-6-13-9(2)16/h4-5,8H,3,6-7H2,1-2H3,(H,13,16)(H2,12,14,15). The quantitative estimate of drug-likeness (QED) is 0.630. The molecule has 3 N–H and O–H groups in total. The van der Waals surface area contributed by atoms with Gasteiger partial charge in [0.25, 0.3) is 0 Å². The Kier molecular flexibility index (Phi) is 5.11. The summed E-state index contributed by atoms with van der Waals surface area (Å²) in [5, 5.41) is 9.06. The molecule has 0 aromatic carbocycles. The van der Waals surface area contributed by atoms with Gasteiger partial charge in [-0.3, -0.25) is 4.79 Å². The molecule has 0 radical (unpaired) electrons. The molecule has 1 amide bonds. The zero-order valence-electron chi connectivity index (χ0n) is 9.71. The highest BCUT2D eigenvalue weighted by Crippen LogP contribution is 2.10. The first-order valence-corrected chi connectivity index (χ1v) is 5.40. The highest BCUT2D eigenvalue weighted by molar-refractivity contribution is 5.72. The summed E-state index contributed by atoms with van der Waals surface area (Å²) >= 11 is 0. The van der Waals surface area contributed by atoms with Crippen molar-refractivity contribution in [3.63, 3.8) is 0 Å². The third kappa shape index (κ3) is 4.63. The Labute approximate surface area is 95.7 Å². The van der Waals surface area contributed by atoms with Gasteiger partial charge in [0, 0.05) is 44.5 Å². The second-order valence-corrected chi connectivity index (χ2v) is 3.37. The van der Waals surface area contributed by atoms with Crippen LogP contribution in [0, 0.1) is 0 Å². The monoisotopic (exact) mass is 222 g/mol. The smallest absolute Gasteiger partial charge is 0.216 e. The summed E-state index contributed by atoms with van der Waals surface area (Å²) in [7, 11) is 0. The number of carbonyl (C=O) groups is 1. The molecule has 0 fully saturated rings. The van der Waals surface area contributed by atoms with E-state index in [-0.39, 0.29) is 5.91 Å². The second kappa shape index (κ2) is 6.66. The number of pyridine rings is 1. The number of hydrogen-bond acceptors (Lipinski definition) is 4. The molecule has 1 aromatic heterocycles. The summed E-state index contributed by atoms with van der Waals surface area (Å²) in [5.74, 6) is 0.844. The van der Waals surface area contributed by atoms with E-state index in [9.17, 15) is 4.79 Å². The Hall–Kier alpha value is -1.78. The molecule has 1 rings (SSSR count). The first-order valence-electron chi connectivity index (χ1n) is 5.40.